The molecule has 0 aromatic rings. The summed E-state index contributed by atoms with van der Waals surface area (Å²) < 4.78 is 0. The molecule has 0 aliphatic heterocycles. The minimum Gasteiger partial charge on any atom is -0.478 e. The average Bonchev–Trinajstić information content (AvgIpc) is 2.04. The molecular weight excluding hydrogens is 174 g/mol. The fraction of sp³-hybridized carbons (Fsp3) is 0.375. The lowest BCUT2D eigenvalue weighted by atomic mass is 9.85. The highest BCUT2D eigenvalue weighted by molar-refractivity contribution is 5.89. The van der Waals surface area contributed by atoms with Crippen molar-refractivity contribution in [3.05, 3.63) is 33.9 Å². The second-order valence-corrected chi connectivity index (χ2v) is 3.05. The predicted molar refractivity (Wildman–Crippen MR) is 44.9 cm³/mol. The number of nitro groups is 1. The molecule has 1 aliphatic rings. The summed E-state index contributed by atoms with van der Waals surface area (Å²) >= 11 is 0. The Hall–Kier alpha value is -1.65. The topological polar surface area (TPSA) is 80.4 Å². The van der Waals surface area contributed by atoms with Gasteiger partial charge in [0.25, 0.3) is 5.54 Å². The quantitative estimate of drug-likeness (QED) is 0.511. The highest BCUT2D eigenvalue weighted by Gasteiger charge is 2.44. The van der Waals surface area contributed by atoms with Crippen LogP contribution in [-0.4, -0.2) is 21.5 Å². The number of hydrogen-bond acceptors (Lipinski definition) is 3. The van der Waals surface area contributed by atoms with Gasteiger partial charge in [-0.3, -0.25) is 10.1 Å². The summed E-state index contributed by atoms with van der Waals surface area (Å²) in [5, 5.41) is 19.4. The second-order valence-electron chi connectivity index (χ2n) is 3.05. The molecule has 70 valence electrons. The summed E-state index contributed by atoms with van der Waals surface area (Å²) in [5.74, 6) is -1.23. The van der Waals surface area contributed by atoms with Gasteiger partial charge in [0, 0.05) is 18.3 Å². The van der Waals surface area contributed by atoms with E-state index >= 15 is 0 Å². The molecule has 0 amide bonds. The molecule has 13 heavy (non-hydrogen) atoms. The summed E-state index contributed by atoms with van der Waals surface area (Å²) in [6, 6.07) is 0. The van der Waals surface area contributed by atoms with Gasteiger partial charge in [-0.2, -0.15) is 0 Å². The van der Waals surface area contributed by atoms with Crippen LogP contribution in [0.1, 0.15) is 13.3 Å². The smallest absolute Gasteiger partial charge is 0.338 e. The zero-order chi connectivity index (χ0) is 10.1. The van der Waals surface area contributed by atoms with Crippen molar-refractivity contribution in [1.29, 1.82) is 0 Å². The Morgan fingerprint density at radius 3 is 2.77 bits per heavy atom. The van der Waals surface area contributed by atoms with Gasteiger partial charge < -0.3 is 5.11 Å². The normalized spacial score (nSPS) is 26.7. The molecule has 0 aromatic heterocycles. The summed E-state index contributed by atoms with van der Waals surface area (Å²) in [6.45, 7) is 1.32. The van der Waals surface area contributed by atoms with Crippen LogP contribution in [0.4, 0.5) is 0 Å². The maximum absolute atomic E-state index is 10.7. The summed E-state index contributed by atoms with van der Waals surface area (Å²) in [7, 11) is 0. The number of allylic oxidation sites excluding steroid dienone is 2. The molecule has 0 aromatic carbocycles. The van der Waals surface area contributed by atoms with Gasteiger partial charge in [-0.1, -0.05) is 12.2 Å². The van der Waals surface area contributed by atoms with Gasteiger partial charge >= 0.3 is 5.97 Å². The molecule has 5 heteroatoms. The third kappa shape index (κ3) is 1.44. The van der Waals surface area contributed by atoms with Gasteiger partial charge in [-0.25, -0.2) is 4.79 Å². The van der Waals surface area contributed by atoms with Crippen LogP contribution < -0.4 is 0 Å². The first-order valence-electron chi connectivity index (χ1n) is 3.73. The van der Waals surface area contributed by atoms with Crippen molar-refractivity contribution in [2.24, 2.45) is 0 Å². The van der Waals surface area contributed by atoms with Gasteiger partial charge in [0.15, 0.2) is 0 Å². The van der Waals surface area contributed by atoms with E-state index in [0.29, 0.717) is 0 Å². The van der Waals surface area contributed by atoms with Crippen LogP contribution in [0.25, 0.3) is 0 Å². The standard InChI is InChI=1S/C8H9NO4/c1-8(9(12)13)5-3-2-4-6(8)7(10)11/h2-4H,5H2,1H3,(H,10,11). The highest BCUT2D eigenvalue weighted by Crippen LogP contribution is 2.28. The van der Waals surface area contributed by atoms with Crippen LogP contribution in [0.15, 0.2) is 23.8 Å². The zero-order valence-corrected chi connectivity index (χ0v) is 7.06. The number of carboxylic acids is 1. The Balaban J connectivity index is 3.13. The monoisotopic (exact) mass is 183 g/mol. The Bertz CT molecular complexity index is 318. The third-order valence-electron chi connectivity index (χ3n) is 2.13. The number of aliphatic carboxylic acids is 1. The molecule has 0 saturated carbocycles. The molecule has 1 N–H and O–H groups in total. The molecule has 1 aliphatic carbocycles. The SMILES string of the molecule is CC1([N+](=O)[O-])CC=CC=C1C(=O)O. The zero-order valence-electron chi connectivity index (χ0n) is 7.06. The van der Waals surface area contributed by atoms with Gasteiger partial charge in [0.2, 0.25) is 0 Å². The van der Waals surface area contributed by atoms with Crippen molar-refractivity contribution in [2.75, 3.05) is 0 Å². The van der Waals surface area contributed by atoms with Crippen LogP contribution in [0, 0.1) is 10.1 Å². The fourth-order valence-corrected chi connectivity index (χ4v) is 1.23. The molecule has 0 spiro atoms. The molecule has 1 rings (SSSR count). The van der Waals surface area contributed by atoms with Crippen molar-refractivity contribution >= 4 is 5.97 Å². The van der Waals surface area contributed by atoms with Crippen LogP contribution in [-0.2, 0) is 4.79 Å². The molecule has 0 heterocycles. The van der Waals surface area contributed by atoms with E-state index in [1.54, 1.807) is 6.08 Å². The number of hydrogen-bond donors (Lipinski definition) is 1. The summed E-state index contributed by atoms with van der Waals surface area (Å²) in [4.78, 5) is 20.8. The Morgan fingerprint density at radius 2 is 2.38 bits per heavy atom. The van der Waals surface area contributed by atoms with E-state index in [9.17, 15) is 14.9 Å². The van der Waals surface area contributed by atoms with E-state index in [-0.39, 0.29) is 12.0 Å². The van der Waals surface area contributed by atoms with Crippen molar-refractivity contribution in [3.8, 4) is 0 Å². The van der Waals surface area contributed by atoms with E-state index in [0.717, 1.165) is 0 Å². The van der Waals surface area contributed by atoms with E-state index < -0.39 is 16.4 Å². The number of nitrogens with zero attached hydrogens (tertiary/aromatic N) is 1. The highest BCUT2D eigenvalue weighted by atomic mass is 16.6. The van der Waals surface area contributed by atoms with Crippen LogP contribution in [0.2, 0.25) is 0 Å². The van der Waals surface area contributed by atoms with Crippen LogP contribution in [0.5, 0.6) is 0 Å². The molecule has 1 unspecified atom stereocenters. The van der Waals surface area contributed by atoms with Gasteiger partial charge in [-0.15, -0.1) is 0 Å². The average molecular weight is 183 g/mol. The first-order chi connectivity index (χ1) is 5.98. The van der Waals surface area contributed by atoms with E-state index in [4.69, 9.17) is 5.11 Å². The van der Waals surface area contributed by atoms with E-state index in [1.165, 1.54) is 19.1 Å². The van der Waals surface area contributed by atoms with Crippen molar-refractivity contribution < 1.29 is 14.8 Å². The largest absolute Gasteiger partial charge is 0.478 e. The Kier molecular flexibility index (Phi) is 2.18. The third-order valence-corrected chi connectivity index (χ3v) is 2.13. The minimum atomic E-state index is -1.49. The van der Waals surface area contributed by atoms with Gasteiger partial charge in [-0.05, 0) is 6.08 Å². The lowest BCUT2D eigenvalue weighted by Crippen LogP contribution is -2.40. The van der Waals surface area contributed by atoms with E-state index in [2.05, 4.69) is 0 Å². The predicted octanol–water partition coefficient (Wildman–Crippen LogP) is 0.993. The van der Waals surface area contributed by atoms with Crippen LogP contribution >= 0.6 is 0 Å². The Labute approximate surface area is 74.5 Å². The summed E-state index contributed by atoms with van der Waals surface area (Å²) in [5.41, 5.74) is -1.65. The number of rotatable bonds is 2. The molecule has 0 saturated heterocycles. The van der Waals surface area contributed by atoms with E-state index in [1.807, 2.05) is 0 Å². The second kappa shape index (κ2) is 3.01. The minimum absolute atomic E-state index is 0.123. The maximum Gasteiger partial charge on any atom is 0.338 e. The maximum atomic E-state index is 10.7. The first-order valence-corrected chi connectivity index (χ1v) is 3.73. The van der Waals surface area contributed by atoms with Gasteiger partial charge in [0.1, 0.15) is 5.57 Å². The van der Waals surface area contributed by atoms with Crippen molar-refractivity contribution in [3.63, 3.8) is 0 Å². The molecule has 0 bridgehead atoms. The number of carboxylic acid groups (broad SMARTS) is 1. The fourth-order valence-electron chi connectivity index (χ4n) is 1.23. The first kappa shape index (κ1) is 9.44. The van der Waals surface area contributed by atoms with Crippen molar-refractivity contribution in [2.45, 2.75) is 18.9 Å². The molecule has 1 atom stereocenters. The lowest BCUT2D eigenvalue weighted by Gasteiger charge is -2.21. The Morgan fingerprint density at radius 1 is 1.77 bits per heavy atom. The van der Waals surface area contributed by atoms with Gasteiger partial charge in [0.05, 0.1) is 0 Å². The lowest BCUT2D eigenvalue weighted by molar-refractivity contribution is -0.552. The van der Waals surface area contributed by atoms with Crippen molar-refractivity contribution in [1.82, 2.24) is 0 Å². The molecular formula is C8H9NO4. The van der Waals surface area contributed by atoms with Crippen LogP contribution in [0.3, 0.4) is 0 Å². The molecule has 0 radical (unpaired) electrons. The number of carbonyl (C=O) groups is 1. The molecule has 0 fully saturated rings. The molecule has 5 nitrogen and oxygen atoms in total. The summed E-state index contributed by atoms with van der Waals surface area (Å²) in [6.07, 6.45) is 4.51.